The second-order valence-electron chi connectivity index (χ2n) is 8.67. The number of benzene rings is 2. The molecule has 0 radical (unpaired) electrons. The van der Waals surface area contributed by atoms with Gasteiger partial charge < -0.3 is 19.9 Å². The van der Waals surface area contributed by atoms with E-state index in [1.165, 1.54) is 12.1 Å². The first kappa shape index (κ1) is 21.3. The van der Waals surface area contributed by atoms with Gasteiger partial charge in [0.05, 0.1) is 11.2 Å². The van der Waals surface area contributed by atoms with E-state index >= 15 is 0 Å². The zero-order valence-corrected chi connectivity index (χ0v) is 19.2. The van der Waals surface area contributed by atoms with Crippen molar-refractivity contribution in [1.29, 1.82) is 0 Å². The lowest BCUT2D eigenvalue weighted by Crippen LogP contribution is -2.57. The van der Waals surface area contributed by atoms with E-state index in [4.69, 9.17) is 4.74 Å². The van der Waals surface area contributed by atoms with Gasteiger partial charge in [-0.3, -0.25) is 9.52 Å². The van der Waals surface area contributed by atoms with E-state index in [-0.39, 0.29) is 17.6 Å². The first-order valence-corrected chi connectivity index (χ1v) is 11.9. The van der Waals surface area contributed by atoms with Gasteiger partial charge in [-0.2, -0.15) is 0 Å². The number of amides is 1. The summed E-state index contributed by atoms with van der Waals surface area (Å²) in [6.45, 7) is 8.33. The Morgan fingerprint density at radius 1 is 1.09 bits per heavy atom. The molecule has 2 aliphatic heterocycles. The van der Waals surface area contributed by atoms with Gasteiger partial charge in [0.1, 0.15) is 11.9 Å². The van der Waals surface area contributed by atoms with Crippen LogP contribution >= 0.6 is 12.1 Å². The molecule has 5 rings (SSSR count). The Morgan fingerprint density at radius 3 is 2.84 bits per heavy atom. The second-order valence-corrected chi connectivity index (χ2v) is 9.36. The molecule has 1 aromatic heterocycles. The molecule has 4 bridgehead atoms. The van der Waals surface area contributed by atoms with E-state index in [1.807, 2.05) is 36.4 Å². The summed E-state index contributed by atoms with van der Waals surface area (Å²) in [4.78, 5) is 12.7. The molecular formula is C24H29N5O2S. The summed E-state index contributed by atoms with van der Waals surface area (Å²) in [5.41, 5.74) is 3.56. The number of hydrogen-bond donors (Lipinski definition) is 4. The zero-order valence-electron chi connectivity index (χ0n) is 18.4. The highest BCUT2D eigenvalue weighted by Crippen LogP contribution is 2.39. The van der Waals surface area contributed by atoms with E-state index in [1.54, 1.807) is 0 Å². The average molecular weight is 452 g/mol. The van der Waals surface area contributed by atoms with Gasteiger partial charge in [0.15, 0.2) is 0 Å². The van der Waals surface area contributed by atoms with E-state index < -0.39 is 0 Å². The summed E-state index contributed by atoms with van der Waals surface area (Å²) in [5, 5.41) is 8.30. The number of nitrogens with zero attached hydrogens (tertiary/aromatic N) is 1. The fourth-order valence-electron chi connectivity index (χ4n) is 4.44. The van der Waals surface area contributed by atoms with Gasteiger partial charge >= 0.3 is 0 Å². The summed E-state index contributed by atoms with van der Waals surface area (Å²) in [7, 11) is 0. The number of aromatic nitrogens is 1. The quantitative estimate of drug-likeness (QED) is 0.394. The average Bonchev–Trinajstić information content (AvgIpc) is 3.13. The Balaban J connectivity index is 1.68. The summed E-state index contributed by atoms with van der Waals surface area (Å²) in [5.74, 6) is 0.772. The molecular weight excluding hydrogens is 422 g/mol. The minimum Gasteiger partial charge on any atom is -0.488 e. The molecule has 2 unspecified atom stereocenters. The van der Waals surface area contributed by atoms with E-state index in [0.717, 1.165) is 60.6 Å². The molecule has 168 valence electrons. The van der Waals surface area contributed by atoms with Gasteiger partial charge in [0, 0.05) is 66.9 Å². The van der Waals surface area contributed by atoms with Crippen molar-refractivity contribution in [2.75, 3.05) is 26.2 Å². The number of rotatable bonds is 0. The maximum absolute atomic E-state index is 12.7. The minimum absolute atomic E-state index is 0.0577. The monoisotopic (exact) mass is 451 g/mol. The minimum atomic E-state index is -0.306. The van der Waals surface area contributed by atoms with Crippen LogP contribution in [0.1, 0.15) is 24.2 Å². The molecule has 1 amide bonds. The molecule has 8 heteroatoms. The summed E-state index contributed by atoms with van der Waals surface area (Å²) < 4.78 is 14.9. The normalized spacial score (nSPS) is 24.4. The first-order chi connectivity index (χ1) is 15.5. The van der Waals surface area contributed by atoms with E-state index in [2.05, 4.69) is 50.6 Å². The number of nitrogens with one attached hydrogen (secondary N) is 4. The molecule has 2 aromatic carbocycles. The van der Waals surface area contributed by atoms with Crippen LogP contribution in [-0.2, 0) is 6.54 Å². The van der Waals surface area contributed by atoms with Gasteiger partial charge in [0.2, 0.25) is 0 Å². The van der Waals surface area contributed by atoms with Crippen molar-refractivity contribution in [3.05, 3.63) is 54.1 Å². The van der Waals surface area contributed by atoms with Crippen LogP contribution in [0.3, 0.4) is 0 Å². The van der Waals surface area contributed by atoms with Crippen LogP contribution in [0.15, 0.2) is 48.5 Å². The van der Waals surface area contributed by atoms with Crippen molar-refractivity contribution in [2.45, 2.75) is 32.0 Å². The third kappa shape index (κ3) is 3.99. The lowest BCUT2D eigenvalue weighted by atomic mass is 9.93. The number of hydrogen-bond acceptors (Lipinski definition) is 6. The van der Waals surface area contributed by atoms with E-state index in [9.17, 15) is 4.79 Å². The van der Waals surface area contributed by atoms with Crippen LogP contribution in [0, 0.1) is 0 Å². The van der Waals surface area contributed by atoms with Crippen molar-refractivity contribution < 1.29 is 9.53 Å². The molecule has 2 atom stereocenters. The maximum atomic E-state index is 12.7. The highest BCUT2D eigenvalue weighted by Gasteiger charge is 2.36. The smallest absolute Gasteiger partial charge is 0.262 e. The van der Waals surface area contributed by atoms with Crippen molar-refractivity contribution in [3.8, 4) is 17.0 Å². The summed E-state index contributed by atoms with van der Waals surface area (Å²) in [6.07, 6.45) is -0.0577. The third-order valence-electron chi connectivity index (χ3n) is 6.47. The van der Waals surface area contributed by atoms with Crippen LogP contribution in [0.25, 0.3) is 22.2 Å². The van der Waals surface area contributed by atoms with Crippen molar-refractivity contribution >= 4 is 28.9 Å². The number of para-hydroxylation sites is 1. The predicted molar refractivity (Wildman–Crippen MR) is 130 cm³/mol. The lowest BCUT2D eigenvalue weighted by Gasteiger charge is -2.40. The van der Waals surface area contributed by atoms with Gasteiger partial charge in [0.25, 0.3) is 5.91 Å². The molecule has 3 heterocycles. The van der Waals surface area contributed by atoms with Gasteiger partial charge in [-0.05, 0) is 44.2 Å². The largest absolute Gasteiger partial charge is 0.488 e. The molecule has 0 aliphatic carbocycles. The topological polar surface area (TPSA) is 79.3 Å². The number of ether oxygens (including phenoxy) is 1. The Bertz CT molecular complexity index is 1150. The number of fused-ring (bicyclic) bond motifs is 4. The SMILES string of the molecule is CC1Oc2ccccc2-c2cc3ccc4cc3n2CC1(C)NCCNCCNSNC4=O. The fraction of sp³-hybridized carbons (Fsp3) is 0.375. The Labute approximate surface area is 192 Å². The molecule has 32 heavy (non-hydrogen) atoms. The van der Waals surface area contributed by atoms with Crippen LogP contribution < -0.4 is 24.8 Å². The van der Waals surface area contributed by atoms with E-state index in [0.29, 0.717) is 5.56 Å². The molecule has 0 fully saturated rings. The molecule has 0 spiro atoms. The highest BCUT2D eigenvalue weighted by molar-refractivity contribution is 7.96. The maximum Gasteiger partial charge on any atom is 0.262 e. The second kappa shape index (κ2) is 8.78. The molecule has 4 N–H and O–H groups in total. The number of carbonyl (C=O) groups excluding carboxylic acids is 1. The van der Waals surface area contributed by atoms with Crippen molar-refractivity contribution in [3.63, 3.8) is 0 Å². The third-order valence-corrected chi connectivity index (χ3v) is 7.10. The van der Waals surface area contributed by atoms with Crippen molar-refractivity contribution in [2.24, 2.45) is 0 Å². The van der Waals surface area contributed by atoms with Crippen LogP contribution in [-0.4, -0.2) is 48.3 Å². The standard InChI is InChI=1S/C24H29N5O2S/c1-16-24(2)15-29-20-14-18(23(30)28-32-27-12-10-25-9-11-26-24)8-7-17(20)13-21(29)19-5-3-4-6-22(19)31-16/h3-8,13-14,16,25-27H,9-12,15H2,1-2H3,(H,28,30). The molecule has 0 saturated heterocycles. The zero-order chi connectivity index (χ0) is 22.1. The summed E-state index contributed by atoms with van der Waals surface area (Å²) >= 11 is 1.23. The van der Waals surface area contributed by atoms with Gasteiger partial charge in [-0.25, -0.2) is 4.72 Å². The molecule has 2 aliphatic rings. The van der Waals surface area contributed by atoms with Crippen LogP contribution in [0.5, 0.6) is 5.75 Å². The van der Waals surface area contributed by atoms with Gasteiger partial charge in [-0.1, -0.05) is 18.2 Å². The van der Waals surface area contributed by atoms with Gasteiger partial charge in [-0.15, -0.1) is 0 Å². The first-order valence-electron chi connectivity index (χ1n) is 11.1. The van der Waals surface area contributed by atoms with Crippen LogP contribution in [0.4, 0.5) is 0 Å². The summed E-state index contributed by atoms with van der Waals surface area (Å²) in [6, 6.07) is 16.3. The molecule has 0 saturated carbocycles. The fourth-order valence-corrected chi connectivity index (χ4v) is 4.93. The molecule has 7 nitrogen and oxygen atoms in total. The lowest BCUT2D eigenvalue weighted by molar-refractivity contribution is 0.0933. The molecule has 3 aromatic rings. The van der Waals surface area contributed by atoms with Crippen molar-refractivity contribution in [1.82, 2.24) is 24.6 Å². The Kier molecular flexibility index (Phi) is 5.86. The number of carbonyl (C=O) groups is 1. The Morgan fingerprint density at radius 2 is 1.94 bits per heavy atom. The Hall–Kier alpha value is -2.52. The predicted octanol–water partition coefficient (Wildman–Crippen LogP) is 2.92. The highest BCUT2D eigenvalue weighted by atomic mass is 32.2. The van der Waals surface area contributed by atoms with Crippen LogP contribution in [0.2, 0.25) is 0 Å².